The van der Waals surface area contributed by atoms with Crippen LogP contribution in [0.4, 0.5) is 0 Å². The maximum Gasteiger partial charge on any atom is 0.213 e. The fourth-order valence-corrected chi connectivity index (χ4v) is 2.14. The third-order valence-corrected chi connectivity index (χ3v) is 3.03. The number of rotatable bonds is 3. The SMILES string of the molecule is CC(C)c1c(-c2ccccc2)nn(C(C)C)c1O. The molecule has 0 aliphatic heterocycles. The third kappa shape index (κ3) is 2.13. The van der Waals surface area contributed by atoms with Crippen LogP contribution in [0.25, 0.3) is 11.3 Å². The van der Waals surface area contributed by atoms with E-state index in [1.807, 2.05) is 44.2 Å². The van der Waals surface area contributed by atoms with Gasteiger partial charge in [0.15, 0.2) is 0 Å². The molecule has 1 N–H and O–H groups in total. The number of benzene rings is 1. The van der Waals surface area contributed by atoms with Gasteiger partial charge < -0.3 is 5.11 Å². The standard InChI is InChI=1S/C15H20N2O/c1-10(2)13-14(12-8-6-5-7-9-12)16-17(11(3)4)15(13)18/h5-11,18H,1-4H3. The first-order chi connectivity index (χ1) is 8.52. The van der Waals surface area contributed by atoms with E-state index in [2.05, 4.69) is 18.9 Å². The van der Waals surface area contributed by atoms with Crippen LogP contribution >= 0.6 is 0 Å². The smallest absolute Gasteiger partial charge is 0.213 e. The molecule has 2 rings (SSSR count). The molecule has 3 nitrogen and oxygen atoms in total. The maximum atomic E-state index is 10.3. The second-order valence-corrected chi connectivity index (χ2v) is 5.14. The van der Waals surface area contributed by atoms with Gasteiger partial charge in [0.25, 0.3) is 0 Å². The van der Waals surface area contributed by atoms with Crippen molar-refractivity contribution < 1.29 is 5.11 Å². The van der Waals surface area contributed by atoms with Crippen molar-refractivity contribution in [2.45, 2.75) is 39.7 Å². The number of hydrogen-bond donors (Lipinski definition) is 1. The molecular weight excluding hydrogens is 224 g/mol. The fourth-order valence-electron chi connectivity index (χ4n) is 2.14. The van der Waals surface area contributed by atoms with Gasteiger partial charge in [-0.25, -0.2) is 4.68 Å². The predicted molar refractivity (Wildman–Crippen MR) is 73.8 cm³/mol. The highest BCUT2D eigenvalue weighted by molar-refractivity contribution is 5.66. The van der Waals surface area contributed by atoms with Crippen LogP contribution in [-0.4, -0.2) is 14.9 Å². The zero-order valence-corrected chi connectivity index (χ0v) is 11.4. The summed E-state index contributed by atoms with van der Waals surface area (Å²) in [4.78, 5) is 0. The predicted octanol–water partition coefficient (Wildman–Crippen LogP) is 3.96. The highest BCUT2D eigenvalue weighted by atomic mass is 16.3. The minimum absolute atomic E-state index is 0.153. The summed E-state index contributed by atoms with van der Waals surface area (Å²) in [7, 11) is 0. The van der Waals surface area contributed by atoms with Crippen molar-refractivity contribution in [3.8, 4) is 17.1 Å². The molecular formula is C15H20N2O. The van der Waals surface area contributed by atoms with Crippen molar-refractivity contribution in [2.75, 3.05) is 0 Å². The molecule has 0 aliphatic rings. The van der Waals surface area contributed by atoms with E-state index in [1.54, 1.807) is 4.68 Å². The summed E-state index contributed by atoms with van der Waals surface area (Å²) >= 11 is 0. The summed E-state index contributed by atoms with van der Waals surface area (Å²) in [5, 5.41) is 14.9. The summed E-state index contributed by atoms with van der Waals surface area (Å²) in [6, 6.07) is 10.2. The normalized spacial score (nSPS) is 11.4. The fraction of sp³-hybridized carbons (Fsp3) is 0.400. The van der Waals surface area contributed by atoms with Crippen LogP contribution < -0.4 is 0 Å². The summed E-state index contributed by atoms with van der Waals surface area (Å²) in [5.74, 6) is 0.534. The Labute approximate surface area is 108 Å². The topological polar surface area (TPSA) is 38.0 Å². The molecule has 1 aromatic heterocycles. The van der Waals surface area contributed by atoms with Gasteiger partial charge in [0.05, 0.1) is 11.7 Å². The molecule has 0 spiro atoms. The molecule has 0 unspecified atom stereocenters. The third-order valence-electron chi connectivity index (χ3n) is 3.03. The summed E-state index contributed by atoms with van der Waals surface area (Å²) in [6.07, 6.45) is 0. The first-order valence-electron chi connectivity index (χ1n) is 6.39. The van der Waals surface area contributed by atoms with Crippen molar-refractivity contribution >= 4 is 0 Å². The van der Waals surface area contributed by atoms with Crippen LogP contribution in [0.15, 0.2) is 30.3 Å². The molecule has 0 amide bonds. The van der Waals surface area contributed by atoms with Gasteiger partial charge in [-0.1, -0.05) is 44.2 Å². The van der Waals surface area contributed by atoms with E-state index in [0.717, 1.165) is 16.8 Å². The van der Waals surface area contributed by atoms with Crippen LogP contribution in [0.3, 0.4) is 0 Å². The zero-order chi connectivity index (χ0) is 13.3. The molecule has 3 heteroatoms. The Balaban J connectivity index is 2.63. The minimum Gasteiger partial charge on any atom is -0.493 e. The van der Waals surface area contributed by atoms with Gasteiger partial charge in [0.2, 0.25) is 5.88 Å². The van der Waals surface area contributed by atoms with Gasteiger partial charge in [-0.15, -0.1) is 0 Å². The quantitative estimate of drug-likeness (QED) is 0.887. The van der Waals surface area contributed by atoms with Crippen LogP contribution in [0, 0.1) is 0 Å². The lowest BCUT2D eigenvalue weighted by Gasteiger charge is -2.08. The average molecular weight is 244 g/mol. The lowest BCUT2D eigenvalue weighted by Crippen LogP contribution is -2.02. The molecule has 18 heavy (non-hydrogen) atoms. The van der Waals surface area contributed by atoms with E-state index in [9.17, 15) is 5.11 Å². The van der Waals surface area contributed by atoms with Crippen molar-refractivity contribution in [3.05, 3.63) is 35.9 Å². The first kappa shape index (κ1) is 12.7. The average Bonchev–Trinajstić information content (AvgIpc) is 2.68. The van der Waals surface area contributed by atoms with Crippen LogP contribution in [0.1, 0.15) is 45.2 Å². The summed E-state index contributed by atoms with van der Waals surface area (Å²) in [5.41, 5.74) is 2.86. The Morgan fingerprint density at radius 1 is 1.06 bits per heavy atom. The van der Waals surface area contributed by atoms with Crippen molar-refractivity contribution in [2.24, 2.45) is 0 Å². The Morgan fingerprint density at radius 3 is 2.17 bits per heavy atom. The molecule has 1 heterocycles. The molecule has 0 atom stereocenters. The Bertz CT molecular complexity index is 527. The lowest BCUT2D eigenvalue weighted by molar-refractivity contribution is 0.372. The van der Waals surface area contributed by atoms with E-state index in [-0.39, 0.29) is 12.0 Å². The first-order valence-corrected chi connectivity index (χ1v) is 6.39. The van der Waals surface area contributed by atoms with Gasteiger partial charge in [0.1, 0.15) is 0 Å². The van der Waals surface area contributed by atoms with Gasteiger partial charge in [-0.05, 0) is 19.8 Å². The lowest BCUT2D eigenvalue weighted by atomic mass is 9.99. The summed E-state index contributed by atoms with van der Waals surface area (Å²) in [6.45, 7) is 8.19. The van der Waals surface area contributed by atoms with Crippen LogP contribution in [0.2, 0.25) is 0 Å². The van der Waals surface area contributed by atoms with E-state index in [1.165, 1.54) is 0 Å². The Kier molecular flexibility index (Phi) is 3.41. The van der Waals surface area contributed by atoms with E-state index < -0.39 is 0 Å². The van der Waals surface area contributed by atoms with Crippen LogP contribution in [0.5, 0.6) is 5.88 Å². The second-order valence-electron chi connectivity index (χ2n) is 5.14. The second kappa shape index (κ2) is 4.84. The molecule has 96 valence electrons. The molecule has 2 aromatic rings. The highest BCUT2D eigenvalue weighted by Crippen LogP contribution is 2.36. The molecule has 0 radical (unpaired) electrons. The van der Waals surface area contributed by atoms with E-state index in [4.69, 9.17) is 0 Å². The highest BCUT2D eigenvalue weighted by Gasteiger charge is 2.21. The molecule has 0 bridgehead atoms. The number of aromatic nitrogens is 2. The zero-order valence-electron chi connectivity index (χ0n) is 11.4. The molecule has 1 aromatic carbocycles. The van der Waals surface area contributed by atoms with Crippen molar-refractivity contribution in [3.63, 3.8) is 0 Å². The number of hydrogen-bond acceptors (Lipinski definition) is 2. The van der Waals surface area contributed by atoms with Gasteiger partial charge in [-0.3, -0.25) is 0 Å². The summed E-state index contributed by atoms with van der Waals surface area (Å²) < 4.78 is 1.69. The maximum absolute atomic E-state index is 10.3. The number of nitrogens with zero attached hydrogens (tertiary/aromatic N) is 2. The van der Waals surface area contributed by atoms with Crippen LogP contribution in [-0.2, 0) is 0 Å². The van der Waals surface area contributed by atoms with Crippen molar-refractivity contribution in [1.82, 2.24) is 9.78 Å². The van der Waals surface area contributed by atoms with Gasteiger partial charge in [0, 0.05) is 11.1 Å². The number of aromatic hydroxyl groups is 1. The van der Waals surface area contributed by atoms with E-state index >= 15 is 0 Å². The minimum atomic E-state index is 0.153. The van der Waals surface area contributed by atoms with E-state index in [0.29, 0.717) is 5.88 Å². The van der Waals surface area contributed by atoms with Crippen molar-refractivity contribution in [1.29, 1.82) is 0 Å². The Morgan fingerprint density at radius 2 is 1.67 bits per heavy atom. The molecule has 0 aliphatic carbocycles. The molecule has 0 saturated carbocycles. The molecule has 0 fully saturated rings. The van der Waals surface area contributed by atoms with Gasteiger partial charge in [-0.2, -0.15) is 5.10 Å². The monoisotopic (exact) mass is 244 g/mol. The Hall–Kier alpha value is -1.77. The van der Waals surface area contributed by atoms with Gasteiger partial charge >= 0.3 is 0 Å². The largest absolute Gasteiger partial charge is 0.493 e. The molecule has 0 saturated heterocycles.